The summed E-state index contributed by atoms with van der Waals surface area (Å²) in [6.07, 6.45) is 1.90. The van der Waals surface area contributed by atoms with Crippen molar-refractivity contribution in [1.82, 2.24) is 25.0 Å². The van der Waals surface area contributed by atoms with Gasteiger partial charge in [0.2, 0.25) is 5.91 Å². The van der Waals surface area contributed by atoms with Crippen molar-refractivity contribution in [2.24, 2.45) is 0 Å². The molecule has 0 aliphatic carbocycles. The average Bonchev–Trinajstić information content (AvgIpc) is 3.11. The van der Waals surface area contributed by atoms with Gasteiger partial charge in [-0.15, -0.1) is 34.4 Å². The van der Waals surface area contributed by atoms with E-state index in [2.05, 4.69) is 20.1 Å². The van der Waals surface area contributed by atoms with E-state index in [1.807, 2.05) is 29.2 Å². The first-order chi connectivity index (χ1) is 12.7. The van der Waals surface area contributed by atoms with Crippen LogP contribution in [0.15, 0.2) is 29.2 Å². The number of halogens is 2. The lowest BCUT2D eigenvalue weighted by Crippen LogP contribution is -2.39. The molecule has 1 fully saturated rings. The minimum atomic E-state index is 0. The molecular weight excluding hydrogens is 405 g/mol. The minimum absolute atomic E-state index is 0. The predicted molar refractivity (Wildman–Crippen MR) is 110 cm³/mol. The maximum Gasteiger partial charge on any atom is 0.232 e. The Hall–Kier alpha value is -1.28. The maximum atomic E-state index is 12.5. The molecule has 2 aliphatic rings. The molecule has 9 heteroatoms. The zero-order valence-corrected chi connectivity index (χ0v) is 17.3. The molecule has 146 valence electrons. The molecule has 0 atom stereocenters. The van der Waals surface area contributed by atoms with Crippen LogP contribution in [0.2, 0.25) is 5.02 Å². The summed E-state index contributed by atoms with van der Waals surface area (Å²) >= 11 is 7.67. The van der Waals surface area contributed by atoms with Crippen molar-refractivity contribution in [3.8, 4) is 0 Å². The molecule has 27 heavy (non-hydrogen) atoms. The number of likely N-dealkylation sites (tertiary alicyclic amines) is 1. The van der Waals surface area contributed by atoms with Crippen LogP contribution in [0.4, 0.5) is 0 Å². The molecule has 0 bridgehead atoms. The summed E-state index contributed by atoms with van der Waals surface area (Å²) in [5.74, 6) is 3.14. The van der Waals surface area contributed by atoms with E-state index in [-0.39, 0.29) is 18.3 Å². The standard InChI is InChI=1S/C18H22ClN5OS.ClH/c19-14-3-1-2-4-15(14)26-12-17(25)23-8-5-13(6-9-23)18-22-21-16-11-20-7-10-24(16)18;/h1-4,13,20H,5-12H2;1H. The third-order valence-corrected chi connectivity index (χ3v) is 6.55. The second kappa shape index (κ2) is 9.28. The first-order valence-electron chi connectivity index (χ1n) is 9.00. The molecule has 0 saturated carbocycles. The van der Waals surface area contributed by atoms with E-state index in [1.165, 1.54) is 11.8 Å². The SMILES string of the molecule is Cl.O=C(CSc1ccccc1Cl)N1CCC(c2nnc3n2CCNC3)CC1. The molecule has 1 N–H and O–H groups in total. The smallest absolute Gasteiger partial charge is 0.232 e. The van der Waals surface area contributed by atoms with Crippen molar-refractivity contribution >= 4 is 41.7 Å². The van der Waals surface area contributed by atoms with Crippen LogP contribution >= 0.6 is 35.8 Å². The van der Waals surface area contributed by atoms with Crippen molar-refractivity contribution in [2.45, 2.75) is 36.7 Å². The quantitative estimate of drug-likeness (QED) is 0.759. The van der Waals surface area contributed by atoms with Crippen molar-refractivity contribution in [3.63, 3.8) is 0 Å². The fraction of sp³-hybridized carbons (Fsp3) is 0.500. The van der Waals surface area contributed by atoms with Crippen LogP contribution in [0.25, 0.3) is 0 Å². The number of aromatic nitrogens is 3. The van der Waals surface area contributed by atoms with Crippen molar-refractivity contribution in [3.05, 3.63) is 40.9 Å². The summed E-state index contributed by atoms with van der Waals surface area (Å²) in [6.45, 7) is 4.27. The van der Waals surface area contributed by atoms with Crippen LogP contribution in [0.3, 0.4) is 0 Å². The molecule has 0 radical (unpaired) electrons. The third kappa shape index (κ3) is 4.59. The van der Waals surface area contributed by atoms with E-state index >= 15 is 0 Å². The third-order valence-electron chi connectivity index (χ3n) is 5.05. The van der Waals surface area contributed by atoms with Crippen molar-refractivity contribution in [2.75, 3.05) is 25.4 Å². The molecule has 2 aromatic rings. The Labute approximate surface area is 174 Å². The number of rotatable bonds is 4. The predicted octanol–water partition coefficient (Wildman–Crippen LogP) is 2.95. The summed E-state index contributed by atoms with van der Waals surface area (Å²) in [4.78, 5) is 15.5. The Kier molecular flexibility index (Phi) is 7.03. The number of fused-ring (bicyclic) bond motifs is 1. The highest BCUT2D eigenvalue weighted by Gasteiger charge is 2.28. The molecule has 0 spiro atoms. The number of nitrogens with one attached hydrogen (secondary N) is 1. The fourth-order valence-corrected chi connectivity index (χ4v) is 4.74. The van der Waals surface area contributed by atoms with E-state index in [1.54, 1.807) is 0 Å². The molecule has 1 amide bonds. The van der Waals surface area contributed by atoms with Crippen LogP contribution in [-0.2, 0) is 17.9 Å². The van der Waals surface area contributed by atoms with E-state index in [0.29, 0.717) is 16.7 Å². The van der Waals surface area contributed by atoms with E-state index in [4.69, 9.17) is 11.6 Å². The second-order valence-electron chi connectivity index (χ2n) is 6.68. The molecule has 6 nitrogen and oxygen atoms in total. The van der Waals surface area contributed by atoms with Crippen molar-refractivity contribution < 1.29 is 4.79 Å². The lowest BCUT2D eigenvalue weighted by molar-refractivity contribution is -0.129. The largest absolute Gasteiger partial charge is 0.342 e. The Balaban J connectivity index is 0.00000210. The first kappa shape index (κ1) is 20.5. The molecule has 2 aliphatic heterocycles. The molecule has 1 aromatic carbocycles. The summed E-state index contributed by atoms with van der Waals surface area (Å²) in [7, 11) is 0. The number of amides is 1. The Morgan fingerprint density at radius 3 is 2.78 bits per heavy atom. The topological polar surface area (TPSA) is 63.1 Å². The van der Waals surface area contributed by atoms with E-state index < -0.39 is 0 Å². The minimum Gasteiger partial charge on any atom is -0.342 e. The zero-order valence-electron chi connectivity index (χ0n) is 14.9. The van der Waals surface area contributed by atoms with Crippen LogP contribution < -0.4 is 5.32 Å². The van der Waals surface area contributed by atoms with Gasteiger partial charge in [-0.05, 0) is 25.0 Å². The summed E-state index contributed by atoms with van der Waals surface area (Å²) in [6, 6.07) is 7.65. The van der Waals surface area contributed by atoms with Crippen LogP contribution in [0.1, 0.15) is 30.4 Å². The Bertz CT molecular complexity index is 792. The van der Waals surface area contributed by atoms with E-state index in [0.717, 1.165) is 62.1 Å². The van der Waals surface area contributed by atoms with E-state index in [9.17, 15) is 4.79 Å². The molecule has 1 saturated heterocycles. The molecule has 1 aromatic heterocycles. The van der Waals surface area contributed by atoms with Crippen LogP contribution in [0.5, 0.6) is 0 Å². The van der Waals surface area contributed by atoms with Gasteiger partial charge in [-0.2, -0.15) is 0 Å². The highest BCUT2D eigenvalue weighted by Crippen LogP contribution is 2.30. The number of hydrogen-bond acceptors (Lipinski definition) is 5. The highest BCUT2D eigenvalue weighted by atomic mass is 35.5. The summed E-state index contributed by atoms with van der Waals surface area (Å²) in [5.41, 5.74) is 0. The molecule has 3 heterocycles. The monoisotopic (exact) mass is 427 g/mol. The van der Waals surface area contributed by atoms with Gasteiger partial charge in [-0.25, -0.2) is 0 Å². The number of benzene rings is 1. The van der Waals surface area contributed by atoms with Gasteiger partial charge in [-0.1, -0.05) is 23.7 Å². The van der Waals surface area contributed by atoms with Crippen molar-refractivity contribution in [1.29, 1.82) is 0 Å². The lowest BCUT2D eigenvalue weighted by Gasteiger charge is -2.32. The van der Waals surface area contributed by atoms with Gasteiger partial charge in [-0.3, -0.25) is 4.79 Å². The van der Waals surface area contributed by atoms with Crippen LogP contribution in [-0.4, -0.2) is 51.0 Å². The van der Waals surface area contributed by atoms with Crippen LogP contribution in [0, 0.1) is 0 Å². The van der Waals surface area contributed by atoms with Gasteiger partial charge < -0.3 is 14.8 Å². The molecule has 0 unspecified atom stereocenters. The summed E-state index contributed by atoms with van der Waals surface area (Å²) < 4.78 is 2.26. The number of carbonyl (C=O) groups is 1. The van der Waals surface area contributed by atoms with Gasteiger partial charge in [0.15, 0.2) is 0 Å². The normalized spacial score (nSPS) is 17.3. The number of hydrogen-bond donors (Lipinski definition) is 1. The number of thioether (sulfide) groups is 1. The van der Waals surface area contributed by atoms with Gasteiger partial charge in [0.05, 0.1) is 17.3 Å². The summed E-state index contributed by atoms with van der Waals surface area (Å²) in [5, 5.41) is 12.8. The second-order valence-corrected chi connectivity index (χ2v) is 8.10. The molecule has 4 rings (SSSR count). The van der Waals surface area contributed by atoms with Gasteiger partial charge in [0, 0.05) is 37.0 Å². The lowest BCUT2D eigenvalue weighted by atomic mass is 9.95. The molecular formula is C18H23Cl2N5OS. The van der Waals surface area contributed by atoms with Gasteiger partial charge >= 0.3 is 0 Å². The van der Waals surface area contributed by atoms with Gasteiger partial charge in [0.25, 0.3) is 0 Å². The average molecular weight is 428 g/mol. The first-order valence-corrected chi connectivity index (χ1v) is 10.4. The number of nitrogens with zero attached hydrogens (tertiary/aromatic N) is 4. The Morgan fingerprint density at radius 2 is 2.00 bits per heavy atom. The number of piperidine rings is 1. The maximum absolute atomic E-state index is 12.5. The van der Waals surface area contributed by atoms with Gasteiger partial charge in [0.1, 0.15) is 11.6 Å². The fourth-order valence-electron chi connectivity index (χ4n) is 3.60. The zero-order chi connectivity index (χ0) is 17.9. The number of carbonyl (C=O) groups excluding carboxylic acids is 1. The Morgan fingerprint density at radius 1 is 1.22 bits per heavy atom. The highest BCUT2D eigenvalue weighted by molar-refractivity contribution is 8.00.